The van der Waals surface area contributed by atoms with Gasteiger partial charge in [-0.15, -0.1) is 0 Å². The first-order valence-electron chi connectivity index (χ1n) is 7.16. The number of ether oxygens (including phenoxy) is 1. The molecule has 0 amide bonds. The highest BCUT2D eigenvalue weighted by Gasteiger charge is 2.06. The van der Waals surface area contributed by atoms with Crippen molar-refractivity contribution in [2.75, 3.05) is 30.3 Å². The number of unbranched alkanes of at least 4 members (excludes halogenated alkanes) is 2. The lowest BCUT2D eigenvalue weighted by Crippen LogP contribution is -2.12. The van der Waals surface area contributed by atoms with Gasteiger partial charge in [-0.1, -0.05) is 26.7 Å². The summed E-state index contributed by atoms with van der Waals surface area (Å²) in [6, 6.07) is 0.370. The van der Waals surface area contributed by atoms with Gasteiger partial charge in [0, 0.05) is 13.1 Å². The molecule has 1 aromatic rings. The normalized spacial score (nSPS) is 10.3. The molecule has 0 saturated carbocycles. The van der Waals surface area contributed by atoms with E-state index in [0.29, 0.717) is 24.5 Å². The molecule has 0 aromatic carbocycles. The minimum atomic E-state index is 0.370. The fraction of sp³-hybridized carbons (Fsp3) is 0.769. The van der Waals surface area contributed by atoms with E-state index in [-0.39, 0.29) is 0 Å². The van der Waals surface area contributed by atoms with Gasteiger partial charge in [0.25, 0.3) is 0 Å². The van der Waals surface area contributed by atoms with E-state index < -0.39 is 0 Å². The van der Waals surface area contributed by atoms with Crippen LogP contribution in [0.15, 0.2) is 0 Å². The third kappa shape index (κ3) is 6.22. The highest BCUT2D eigenvalue weighted by atomic mass is 16.5. The molecule has 19 heavy (non-hydrogen) atoms. The van der Waals surface area contributed by atoms with Gasteiger partial charge in [-0.05, 0) is 19.8 Å². The van der Waals surface area contributed by atoms with Crippen molar-refractivity contribution in [3.63, 3.8) is 0 Å². The van der Waals surface area contributed by atoms with Crippen molar-refractivity contribution in [3.05, 3.63) is 0 Å². The molecule has 0 aliphatic carbocycles. The van der Waals surface area contributed by atoms with Gasteiger partial charge in [-0.25, -0.2) is 0 Å². The number of rotatable bonds is 10. The van der Waals surface area contributed by atoms with Crippen LogP contribution in [0.3, 0.4) is 0 Å². The molecular formula is C13H25N5O. The summed E-state index contributed by atoms with van der Waals surface area (Å²) in [5.74, 6) is 1.14. The van der Waals surface area contributed by atoms with E-state index in [0.717, 1.165) is 25.9 Å². The fourth-order valence-corrected chi connectivity index (χ4v) is 1.52. The van der Waals surface area contributed by atoms with E-state index in [1.807, 2.05) is 6.92 Å². The Bertz CT molecular complexity index is 359. The summed E-state index contributed by atoms with van der Waals surface area (Å²) in [6.45, 7) is 8.45. The summed E-state index contributed by atoms with van der Waals surface area (Å²) >= 11 is 0. The van der Waals surface area contributed by atoms with Crippen LogP contribution in [0.4, 0.5) is 11.9 Å². The van der Waals surface area contributed by atoms with E-state index >= 15 is 0 Å². The van der Waals surface area contributed by atoms with Gasteiger partial charge < -0.3 is 15.4 Å². The first-order valence-corrected chi connectivity index (χ1v) is 7.16. The maximum absolute atomic E-state index is 5.35. The molecule has 1 aromatic heterocycles. The Morgan fingerprint density at radius 3 is 2.11 bits per heavy atom. The second-order valence-corrected chi connectivity index (χ2v) is 4.26. The van der Waals surface area contributed by atoms with E-state index in [4.69, 9.17) is 4.74 Å². The smallest absolute Gasteiger partial charge is 0.323 e. The Balaban J connectivity index is 2.63. The van der Waals surface area contributed by atoms with Crippen molar-refractivity contribution < 1.29 is 4.74 Å². The summed E-state index contributed by atoms with van der Waals surface area (Å²) < 4.78 is 5.35. The van der Waals surface area contributed by atoms with Crippen molar-refractivity contribution in [3.8, 4) is 6.01 Å². The molecule has 108 valence electrons. The van der Waals surface area contributed by atoms with Gasteiger partial charge in [0.05, 0.1) is 6.61 Å². The van der Waals surface area contributed by atoms with Gasteiger partial charge >= 0.3 is 6.01 Å². The number of hydrogen-bond donors (Lipinski definition) is 2. The molecule has 0 saturated heterocycles. The van der Waals surface area contributed by atoms with Crippen molar-refractivity contribution in [1.82, 2.24) is 15.0 Å². The summed E-state index contributed by atoms with van der Waals surface area (Å²) in [4.78, 5) is 12.8. The predicted molar refractivity (Wildman–Crippen MR) is 77.8 cm³/mol. The Morgan fingerprint density at radius 2 is 1.53 bits per heavy atom. The highest BCUT2D eigenvalue weighted by Crippen LogP contribution is 2.11. The van der Waals surface area contributed by atoms with Crippen molar-refractivity contribution >= 4 is 11.9 Å². The second kappa shape index (κ2) is 9.35. The predicted octanol–water partition coefficient (Wildman–Crippen LogP) is 2.69. The van der Waals surface area contributed by atoms with Gasteiger partial charge in [-0.2, -0.15) is 15.0 Å². The van der Waals surface area contributed by atoms with Crippen LogP contribution >= 0.6 is 0 Å². The maximum atomic E-state index is 5.35. The lowest BCUT2D eigenvalue weighted by Gasteiger charge is -2.09. The molecule has 0 aliphatic rings. The van der Waals surface area contributed by atoms with E-state index in [2.05, 4.69) is 39.4 Å². The van der Waals surface area contributed by atoms with E-state index in [9.17, 15) is 0 Å². The van der Waals surface area contributed by atoms with Crippen molar-refractivity contribution in [2.45, 2.75) is 46.5 Å². The maximum Gasteiger partial charge on any atom is 0.323 e. The van der Waals surface area contributed by atoms with E-state index in [1.54, 1.807) is 0 Å². The molecule has 1 rings (SSSR count). The summed E-state index contributed by atoms with van der Waals surface area (Å²) in [6.07, 6.45) is 4.54. The summed E-state index contributed by atoms with van der Waals surface area (Å²) in [7, 11) is 0. The minimum Gasteiger partial charge on any atom is -0.464 e. The average molecular weight is 267 g/mol. The zero-order valence-corrected chi connectivity index (χ0v) is 12.2. The largest absolute Gasteiger partial charge is 0.464 e. The van der Waals surface area contributed by atoms with E-state index in [1.165, 1.54) is 12.8 Å². The fourth-order valence-electron chi connectivity index (χ4n) is 1.52. The summed E-state index contributed by atoms with van der Waals surface area (Å²) in [5, 5.41) is 6.37. The average Bonchev–Trinajstić information content (AvgIpc) is 2.42. The first kappa shape index (κ1) is 15.5. The number of nitrogens with one attached hydrogen (secondary N) is 2. The molecule has 0 unspecified atom stereocenters. The van der Waals surface area contributed by atoms with Gasteiger partial charge in [0.2, 0.25) is 11.9 Å². The van der Waals surface area contributed by atoms with Crippen LogP contribution in [0, 0.1) is 0 Å². The van der Waals surface area contributed by atoms with Gasteiger partial charge in [0.15, 0.2) is 0 Å². The Hall–Kier alpha value is -1.59. The van der Waals surface area contributed by atoms with Gasteiger partial charge in [0.1, 0.15) is 0 Å². The lowest BCUT2D eigenvalue weighted by atomic mass is 10.2. The second-order valence-electron chi connectivity index (χ2n) is 4.26. The third-order valence-electron chi connectivity index (χ3n) is 2.48. The molecule has 6 nitrogen and oxygen atoms in total. The van der Waals surface area contributed by atoms with Gasteiger partial charge in [-0.3, -0.25) is 0 Å². The number of hydrogen-bond acceptors (Lipinski definition) is 6. The number of aromatic nitrogens is 3. The molecule has 2 N–H and O–H groups in total. The standard InChI is InChI=1S/C13H25N5O/c1-4-7-8-10-15-12-16-11(14-9-5-2)17-13(18-12)19-6-3/h4-10H2,1-3H3,(H2,14,15,16,17,18). The molecule has 0 aliphatic heterocycles. The van der Waals surface area contributed by atoms with Crippen LogP contribution in [0.2, 0.25) is 0 Å². The molecule has 1 heterocycles. The molecule has 0 bridgehead atoms. The minimum absolute atomic E-state index is 0.370. The number of nitrogens with zero attached hydrogens (tertiary/aromatic N) is 3. The Morgan fingerprint density at radius 1 is 0.842 bits per heavy atom. The Kier molecular flexibility index (Phi) is 7.62. The molecule has 0 spiro atoms. The summed E-state index contributed by atoms with van der Waals surface area (Å²) in [5.41, 5.74) is 0. The molecule has 0 radical (unpaired) electrons. The van der Waals surface area contributed by atoms with Crippen LogP contribution in [0.5, 0.6) is 6.01 Å². The van der Waals surface area contributed by atoms with Crippen molar-refractivity contribution in [1.29, 1.82) is 0 Å². The molecule has 0 fully saturated rings. The van der Waals surface area contributed by atoms with Crippen LogP contribution in [0.1, 0.15) is 46.5 Å². The van der Waals surface area contributed by atoms with Crippen LogP contribution < -0.4 is 15.4 Å². The zero-order chi connectivity index (χ0) is 13.9. The topological polar surface area (TPSA) is 72.0 Å². The van der Waals surface area contributed by atoms with Crippen molar-refractivity contribution in [2.24, 2.45) is 0 Å². The monoisotopic (exact) mass is 267 g/mol. The molecular weight excluding hydrogens is 242 g/mol. The van der Waals surface area contributed by atoms with Crippen LogP contribution in [-0.4, -0.2) is 34.6 Å². The zero-order valence-electron chi connectivity index (χ0n) is 12.2. The third-order valence-corrected chi connectivity index (χ3v) is 2.48. The quantitative estimate of drug-likeness (QED) is 0.635. The SMILES string of the molecule is CCCCCNc1nc(NCCC)nc(OCC)n1. The first-order chi connectivity index (χ1) is 9.30. The lowest BCUT2D eigenvalue weighted by molar-refractivity contribution is 0.312. The Labute approximate surface area is 115 Å². The number of anilines is 2. The molecule has 0 atom stereocenters. The molecule has 6 heteroatoms. The van der Waals surface area contributed by atoms with Crippen LogP contribution in [0.25, 0.3) is 0 Å². The highest BCUT2D eigenvalue weighted by molar-refractivity contribution is 5.35. The van der Waals surface area contributed by atoms with Crippen LogP contribution in [-0.2, 0) is 0 Å².